The van der Waals surface area contributed by atoms with Crippen LogP contribution in [0.5, 0.6) is 0 Å². The van der Waals surface area contributed by atoms with Gasteiger partial charge in [-0.2, -0.15) is 0 Å². The summed E-state index contributed by atoms with van der Waals surface area (Å²) in [7, 11) is 0. The van der Waals surface area contributed by atoms with Gasteiger partial charge in [0, 0.05) is 19.1 Å². The van der Waals surface area contributed by atoms with Crippen LogP contribution in [-0.2, 0) is 0 Å². The molecule has 3 atom stereocenters. The van der Waals surface area contributed by atoms with Gasteiger partial charge in [-0.05, 0) is 6.42 Å². The normalized spacial score (nSPS) is 25.7. The van der Waals surface area contributed by atoms with E-state index < -0.39 is 31.0 Å². The summed E-state index contributed by atoms with van der Waals surface area (Å²) in [6.07, 6.45) is -6.57. The predicted molar refractivity (Wildman–Crippen MR) is 48.0 cm³/mol. The van der Waals surface area contributed by atoms with Crippen LogP contribution >= 0.6 is 0 Å². The molecule has 16 heavy (non-hydrogen) atoms. The highest BCUT2D eigenvalue weighted by Gasteiger charge is 2.38. The summed E-state index contributed by atoms with van der Waals surface area (Å²) in [5.74, 6) is 0. The SMILES string of the molecule is O=C(O)NC1CCN(C(C(O)F)C(F)F)C1. The molecule has 0 saturated carbocycles. The Hall–Kier alpha value is -1.02. The Balaban J connectivity index is 2.53. The lowest BCUT2D eigenvalue weighted by Gasteiger charge is -2.27. The molecule has 0 aromatic heterocycles. The van der Waals surface area contributed by atoms with E-state index in [9.17, 15) is 18.0 Å². The summed E-state index contributed by atoms with van der Waals surface area (Å²) in [6, 6.07) is -2.39. The fraction of sp³-hybridized carbons (Fsp3) is 0.875. The third-order valence-corrected chi connectivity index (χ3v) is 2.51. The fourth-order valence-electron chi connectivity index (χ4n) is 1.80. The van der Waals surface area contributed by atoms with Gasteiger partial charge >= 0.3 is 6.09 Å². The first kappa shape index (κ1) is 13.0. The number of aliphatic hydroxyl groups is 1. The average molecular weight is 242 g/mol. The van der Waals surface area contributed by atoms with Crippen molar-refractivity contribution >= 4 is 6.09 Å². The zero-order valence-electron chi connectivity index (χ0n) is 8.31. The molecule has 0 spiro atoms. The second-order valence-electron chi connectivity index (χ2n) is 3.63. The summed E-state index contributed by atoms with van der Waals surface area (Å²) in [5.41, 5.74) is 0. The molecule has 5 nitrogen and oxygen atoms in total. The van der Waals surface area contributed by atoms with Gasteiger partial charge in [-0.25, -0.2) is 18.0 Å². The summed E-state index contributed by atoms with van der Waals surface area (Å²) >= 11 is 0. The van der Waals surface area contributed by atoms with Crippen LogP contribution < -0.4 is 5.32 Å². The zero-order chi connectivity index (χ0) is 12.3. The molecule has 0 bridgehead atoms. The van der Waals surface area contributed by atoms with Gasteiger partial charge in [-0.3, -0.25) is 4.90 Å². The first-order chi connectivity index (χ1) is 7.41. The van der Waals surface area contributed by atoms with Crippen LogP contribution in [0.2, 0.25) is 0 Å². The molecule has 1 saturated heterocycles. The molecule has 1 aliphatic heterocycles. The number of alkyl halides is 3. The van der Waals surface area contributed by atoms with Gasteiger partial charge in [-0.1, -0.05) is 0 Å². The molecule has 1 heterocycles. The Morgan fingerprint density at radius 2 is 2.06 bits per heavy atom. The monoisotopic (exact) mass is 242 g/mol. The largest absolute Gasteiger partial charge is 0.465 e. The highest BCUT2D eigenvalue weighted by Crippen LogP contribution is 2.20. The molecule has 0 radical (unpaired) electrons. The minimum absolute atomic E-state index is 0.0255. The van der Waals surface area contributed by atoms with E-state index in [1.165, 1.54) is 0 Å². The smallest absolute Gasteiger partial charge is 0.404 e. The number of hydrogen-bond acceptors (Lipinski definition) is 3. The molecular formula is C8H13F3N2O3. The zero-order valence-corrected chi connectivity index (χ0v) is 8.31. The second-order valence-corrected chi connectivity index (χ2v) is 3.63. The highest BCUT2D eigenvalue weighted by atomic mass is 19.3. The number of carbonyl (C=O) groups is 1. The van der Waals surface area contributed by atoms with E-state index >= 15 is 0 Å². The first-order valence-corrected chi connectivity index (χ1v) is 4.75. The van der Waals surface area contributed by atoms with Gasteiger partial charge in [0.2, 0.25) is 6.36 Å². The van der Waals surface area contributed by atoms with E-state index in [-0.39, 0.29) is 13.1 Å². The van der Waals surface area contributed by atoms with Gasteiger partial charge in [0.25, 0.3) is 6.43 Å². The fourth-order valence-corrected chi connectivity index (χ4v) is 1.80. The summed E-state index contributed by atoms with van der Waals surface area (Å²) in [5, 5.41) is 19.1. The molecule has 0 aliphatic carbocycles. The number of halogens is 3. The van der Waals surface area contributed by atoms with Gasteiger partial charge in [-0.15, -0.1) is 0 Å². The number of likely N-dealkylation sites (tertiary alicyclic amines) is 1. The van der Waals surface area contributed by atoms with E-state index in [0.717, 1.165) is 4.90 Å². The molecule has 3 unspecified atom stereocenters. The Morgan fingerprint density at radius 1 is 1.44 bits per heavy atom. The lowest BCUT2D eigenvalue weighted by molar-refractivity contribution is -0.0940. The van der Waals surface area contributed by atoms with Crippen molar-refractivity contribution in [2.75, 3.05) is 13.1 Å². The maximum atomic E-state index is 12.6. The van der Waals surface area contributed by atoms with E-state index in [1.54, 1.807) is 0 Å². The maximum Gasteiger partial charge on any atom is 0.404 e. The van der Waals surface area contributed by atoms with Crippen LogP contribution in [0, 0.1) is 0 Å². The lowest BCUT2D eigenvalue weighted by atomic mass is 10.2. The molecular weight excluding hydrogens is 229 g/mol. The molecule has 1 amide bonds. The van der Waals surface area contributed by atoms with Crippen LogP contribution in [0.25, 0.3) is 0 Å². The number of carboxylic acid groups (broad SMARTS) is 1. The quantitative estimate of drug-likeness (QED) is 0.660. The minimum Gasteiger partial charge on any atom is -0.465 e. The third-order valence-electron chi connectivity index (χ3n) is 2.51. The molecule has 0 aromatic rings. The number of aliphatic hydroxyl groups excluding tert-OH is 1. The van der Waals surface area contributed by atoms with E-state index in [0.29, 0.717) is 6.42 Å². The lowest BCUT2D eigenvalue weighted by Crippen LogP contribution is -2.47. The van der Waals surface area contributed by atoms with Crippen LogP contribution in [0.1, 0.15) is 6.42 Å². The third kappa shape index (κ3) is 3.24. The van der Waals surface area contributed by atoms with E-state index in [2.05, 4.69) is 5.32 Å². The van der Waals surface area contributed by atoms with E-state index in [4.69, 9.17) is 10.2 Å². The van der Waals surface area contributed by atoms with Crippen molar-refractivity contribution in [3.8, 4) is 0 Å². The van der Waals surface area contributed by atoms with Crippen molar-refractivity contribution in [1.82, 2.24) is 10.2 Å². The predicted octanol–water partition coefficient (Wildman–Crippen LogP) is 0.250. The topological polar surface area (TPSA) is 72.8 Å². The molecule has 1 aliphatic rings. The van der Waals surface area contributed by atoms with Crippen molar-refractivity contribution in [2.24, 2.45) is 0 Å². The number of nitrogens with zero attached hydrogens (tertiary/aromatic N) is 1. The van der Waals surface area contributed by atoms with Crippen LogP contribution in [-0.4, -0.2) is 59.2 Å². The Morgan fingerprint density at radius 3 is 2.50 bits per heavy atom. The highest BCUT2D eigenvalue weighted by molar-refractivity contribution is 5.64. The number of rotatable bonds is 4. The average Bonchev–Trinajstić information content (AvgIpc) is 2.50. The van der Waals surface area contributed by atoms with Crippen molar-refractivity contribution in [1.29, 1.82) is 0 Å². The molecule has 3 N–H and O–H groups in total. The Kier molecular flexibility index (Phi) is 4.36. The summed E-state index contributed by atoms with van der Waals surface area (Å²) < 4.78 is 37.4. The van der Waals surface area contributed by atoms with Crippen LogP contribution in [0.4, 0.5) is 18.0 Å². The first-order valence-electron chi connectivity index (χ1n) is 4.75. The van der Waals surface area contributed by atoms with E-state index in [1.807, 2.05) is 0 Å². The standard InChI is InChI=1S/C8H13F3N2O3/c9-6(10)5(7(11)14)13-2-1-4(3-13)12-8(15)16/h4-7,12,14H,1-3H2,(H,15,16). The summed E-state index contributed by atoms with van der Waals surface area (Å²) in [6.45, 7) is 0.100. The summed E-state index contributed by atoms with van der Waals surface area (Å²) in [4.78, 5) is 11.3. The Labute approximate surface area is 89.8 Å². The number of nitrogens with one attached hydrogen (secondary N) is 1. The molecule has 8 heteroatoms. The van der Waals surface area contributed by atoms with Crippen molar-refractivity contribution in [2.45, 2.75) is 31.3 Å². The van der Waals surface area contributed by atoms with Crippen molar-refractivity contribution in [3.63, 3.8) is 0 Å². The van der Waals surface area contributed by atoms with Crippen LogP contribution in [0.3, 0.4) is 0 Å². The molecule has 1 rings (SSSR count). The number of amides is 1. The molecule has 94 valence electrons. The second kappa shape index (κ2) is 5.35. The number of hydrogen-bond donors (Lipinski definition) is 3. The maximum absolute atomic E-state index is 12.6. The van der Waals surface area contributed by atoms with Crippen LogP contribution in [0.15, 0.2) is 0 Å². The van der Waals surface area contributed by atoms with Crippen molar-refractivity contribution < 1.29 is 28.2 Å². The van der Waals surface area contributed by atoms with Gasteiger partial charge in [0.1, 0.15) is 6.04 Å². The minimum atomic E-state index is -3.01. The van der Waals surface area contributed by atoms with Gasteiger partial charge in [0.15, 0.2) is 0 Å². The van der Waals surface area contributed by atoms with Gasteiger partial charge in [0.05, 0.1) is 0 Å². The molecule has 1 fully saturated rings. The van der Waals surface area contributed by atoms with Gasteiger partial charge < -0.3 is 15.5 Å². The Bertz CT molecular complexity index is 245. The van der Waals surface area contributed by atoms with Crippen molar-refractivity contribution in [3.05, 3.63) is 0 Å². The molecule has 0 aromatic carbocycles.